The number of hydrogen-bond acceptors (Lipinski definition) is 4. The highest BCUT2D eigenvalue weighted by atomic mass is 16.4. The van der Waals surface area contributed by atoms with Gasteiger partial charge in [-0.3, -0.25) is 14.4 Å². The van der Waals surface area contributed by atoms with Crippen molar-refractivity contribution >= 4 is 17.8 Å². The fourth-order valence-electron chi connectivity index (χ4n) is 4.21. The van der Waals surface area contributed by atoms with Gasteiger partial charge in [0, 0.05) is 18.9 Å². The molecule has 176 valence electrons. The van der Waals surface area contributed by atoms with Crippen molar-refractivity contribution in [3.63, 3.8) is 0 Å². The van der Waals surface area contributed by atoms with Crippen LogP contribution in [0.15, 0.2) is 30.6 Å². The molecule has 1 fully saturated rings. The molecule has 1 saturated carbocycles. The van der Waals surface area contributed by atoms with Gasteiger partial charge < -0.3 is 19.9 Å². The second-order valence-electron chi connectivity index (χ2n) is 10.2. The van der Waals surface area contributed by atoms with Crippen LogP contribution in [0.1, 0.15) is 63.1 Å². The smallest absolute Gasteiger partial charge is 0.325 e. The molecule has 2 N–H and O–H groups in total. The third-order valence-corrected chi connectivity index (χ3v) is 6.53. The average molecular weight is 453 g/mol. The van der Waals surface area contributed by atoms with E-state index in [-0.39, 0.29) is 23.7 Å². The largest absolute Gasteiger partial charge is 0.480 e. The fraction of sp³-hybridized carbons (Fsp3) is 0.520. The third kappa shape index (κ3) is 4.94. The third-order valence-electron chi connectivity index (χ3n) is 6.53. The molecule has 1 aromatic heterocycles. The number of hydrogen-bond donors (Lipinski definition) is 2. The monoisotopic (exact) mass is 452 g/mol. The predicted molar refractivity (Wildman–Crippen MR) is 122 cm³/mol. The van der Waals surface area contributed by atoms with Crippen molar-refractivity contribution < 1.29 is 19.5 Å². The standard InChI is InChI=1S/C25H32N4O4/c1-15(24(32)33)27-22(30)20-11-19-21(13-29(20)23(31)17-7-8-17)28(14-26-19)12-16-5-9-18(10-6-16)25(2,3)4/h5-6,9-10,14-15,17,20H,7-8,11-13H2,1-4H3,(H,27,30)(H,32,33). The summed E-state index contributed by atoms with van der Waals surface area (Å²) in [7, 11) is 0. The molecule has 8 heteroatoms. The first-order valence-corrected chi connectivity index (χ1v) is 11.5. The Morgan fingerprint density at radius 3 is 2.42 bits per heavy atom. The summed E-state index contributed by atoms with van der Waals surface area (Å²) in [6.45, 7) is 8.90. The van der Waals surface area contributed by atoms with Gasteiger partial charge in [0.05, 0.1) is 24.3 Å². The number of carboxylic acid groups (broad SMARTS) is 1. The molecule has 2 heterocycles. The van der Waals surface area contributed by atoms with Crippen molar-refractivity contribution in [1.82, 2.24) is 19.8 Å². The first-order chi connectivity index (χ1) is 15.5. The van der Waals surface area contributed by atoms with E-state index in [1.165, 1.54) is 12.5 Å². The number of aromatic nitrogens is 2. The minimum Gasteiger partial charge on any atom is -0.480 e. The number of aliphatic carboxylic acids is 1. The van der Waals surface area contributed by atoms with E-state index in [0.717, 1.165) is 29.8 Å². The summed E-state index contributed by atoms with van der Waals surface area (Å²) in [5, 5.41) is 11.7. The number of imidazole rings is 1. The molecule has 1 aliphatic carbocycles. The first-order valence-electron chi connectivity index (χ1n) is 11.5. The van der Waals surface area contributed by atoms with E-state index in [0.29, 0.717) is 13.1 Å². The van der Waals surface area contributed by atoms with Crippen LogP contribution in [-0.2, 0) is 39.3 Å². The van der Waals surface area contributed by atoms with E-state index in [1.54, 1.807) is 11.2 Å². The van der Waals surface area contributed by atoms with Crippen LogP contribution in [0, 0.1) is 5.92 Å². The van der Waals surface area contributed by atoms with Gasteiger partial charge in [0.25, 0.3) is 0 Å². The Labute approximate surface area is 194 Å². The van der Waals surface area contributed by atoms with Gasteiger partial charge in [0.15, 0.2) is 0 Å². The summed E-state index contributed by atoms with van der Waals surface area (Å²) in [4.78, 5) is 43.3. The SMILES string of the molecule is CC(NC(=O)C1Cc2ncn(Cc3ccc(C(C)(C)C)cc3)c2CN1C(=O)C1CC1)C(=O)O. The summed E-state index contributed by atoms with van der Waals surface area (Å²) in [6, 6.07) is 6.75. The van der Waals surface area contributed by atoms with Crippen molar-refractivity contribution in [2.24, 2.45) is 5.92 Å². The van der Waals surface area contributed by atoms with E-state index in [2.05, 4.69) is 55.3 Å². The second-order valence-corrected chi connectivity index (χ2v) is 10.2. The van der Waals surface area contributed by atoms with Crippen LogP contribution < -0.4 is 5.32 Å². The van der Waals surface area contributed by atoms with Crippen LogP contribution in [0.25, 0.3) is 0 Å². The Morgan fingerprint density at radius 1 is 1.18 bits per heavy atom. The van der Waals surface area contributed by atoms with Crippen LogP contribution in [0.3, 0.4) is 0 Å². The summed E-state index contributed by atoms with van der Waals surface area (Å²) in [5.74, 6) is -1.63. The Bertz CT molecular complexity index is 1060. The molecule has 2 aromatic rings. The summed E-state index contributed by atoms with van der Waals surface area (Å²) >= 11 is 0. The highest BCUT2D eigenvalue weighted by Crippen LogP contribution is 2.34. The van der Waals surface area contributed by atoms with Crippen LogP contribution >= 0.6 is 0 Å². The van der Waals surface area contributed by atoms with Crippen molar-refractivity contribution in [3.8, 4) is 0 Å². The molecule has 0 radical (unpaired) electrons. The number of fused-ring (bicyclic) bond motifs is 1. The maximum atomic E-state index is 13.0. The van der Waals surface area contributed by atoms with Crippen molar-refractivity contribution in [2.45, 2.75) is 77.5 Å². The number of carboxylic acids is 1. The molecule has 33 heavy (non-hydrogen) atoms. The maximum Gasteiger partial charge on any atom is 0.325 e. The highest BCUT2D eigenvalue weighted by Gasteiger charge is 2.42. The van der Waals surface area contributed by atoms with E-state index < -0.39 is 24.0 Å². The number of benzene rings is 1. The lowest BCUT2D eigenvalue weighted by Gasteiger charge is -2.35. The van der Waals surface area contributed by atoms with Gasteiger partial charge in [-0.25, -0.2) is 4.98 Å². The predicted octanol–water partition coefficient (Wildman–Crippen LogP) is 2.48. The number of carbonyl (C=O) groups is 3. The molecule has 0 saturated heterocycles. The second kappa shape index (κ2) is 8.65. The number of nitrogens with zero attached hydrogens (tertiary/aromatic N) is 3. The van der Waals surface area contributed by atoms with E-state index in [1.807, 2.05) is 4.57 Å². The molecule has 2 amide bonds. The first kappa shape index (κ1) is 23.0. The van der Waals surface area contributed by atoms with Gasteiger partial charge in [-0.2, -0.15) is 0 Å². The molecule has 0 spiro atoms. The number of nitrogens with one attached hydrogen (secondary N) is 1. The highest BCUT2D eigenvalue weighted by molar-refractivity contribution is 5.92. The van der Waals surface area contributed by atoms with Gasteiger partial charge in [-0.1, -0.05) is 45.0 Å². The number of carbonyl (C=O) groups excluding carboxylic acids is 2. The zero-order valence-corrected chi connectivity index (χ0v) is 19.7. The van der Waals surface area contributed by atoms with Gasteiger partial charge in [0.2, 0.25) is 11.8 Å². The summed E-state index contributed by atoms with van der Waals surface area (Å²) in [5.41, 5.74) is 4.20. The van der Waals surface area contributed by atoms with E-state index in [9.17, 15) is 14.4 Å². The Balaban J connectivity index is 1.56. The molecule has 1 aromatic carbocycles. The van der Waals surface area contributed by atoms with Crippen LogP contribution in [0.4, 0.5) is 0 Å². The Hall–Kier alpha value is -3.16. The van der Waals surface area contributed by atoms with Crippen LogP contribution in [-0.4, -0.2) is 49.4 Å². The molecule has 2 unspecified atom stereocenters. The topological polar surface area (TPSA) is 105 Å². The normalized spacial score (nSPS) is 19.0. The zero-order valence-electron chi connectivity index (χ0n) is 19.7. The zero-order chi connectivity index (χ0) is 23.9. The molecular formula is C25H32N4O4. The summed E-state index contributed by atoms with van der Waals surface area (Å²) in [6.07, 6.45) is 3.72. The van der Waals surface area contributed by atoms with Gasteiger partial charge in [-0.15, -0.1) is 0 Å². The summed E-state index contributed by atoms with van der Waals surface area (Å²) < 4.78 is 2.04. The lowest BCUT2D eigenvalue weighted by molar-refractivity contribution is -0.145. The van der Waals surface area contributed by atoms with Gasteiger partial charge in [0.1, 0.15) is 12.1 Å². The van der Waals surface area contributed by atoms with E-state index >= 15 is 0 Å². The molecule has 0 bridgehead atoms. The average Bonchev–Trinajstić information content (AvgIpc) is 3.54. The Kier molecular flexibility index (Phi) is 6.03. The van der Waals surface area contributed by atoms with Crippen molar-refractivity contribution in [3.05, 3.63) is 53.1 Å². The minimum absolute atomic E-state index is 0.0361. The van der Waals surface area contributed by atoms with Crippen molar-refractivity contribution in [1.29, 1.82) is 0 Å². The molecule has 2 aliphatic rings. The molecule has 2 atom stereocenters. The molecular weight excluding hydrogens is 420 g/mol. The van der Waals surface area contributed by atoms with Crippen molar-refractivity contribution in [2.75, 3.05) is 0 Å². The van der Waals surface area contributed by atoms with Crippen LogP contribution in [0.2, 0.25) is 0 Å². The van der Waals surface area contributed by atoms with Gasteiger partial charge >= 0.3 is 5.97 Å². The van der Waals surface area contributed by atoms with Gasteiger partial charge in [-0.05, 0) is 36.3 Å². The quantitative estimate of drug-likeness (QED) is 0.701. The lowest BCUT2D eigenvalue weighted by Crippen LogP contribution is -2.55. The minimum atomic E-state index is -1.11. The van der Waals surface area contributed by atoms with Crippen LogP contribution in [0.5, 0.6) is 0 Å². The molecule has 8 nitrogen and oxygen atoms in total. The molecule has 1 aliphatic heterocycles. The number of amides is 2. The molecule has 4 rings (SSSR count). The Morgan fingerprint density at radius 2 is 1.85 bits per heavy atom. The number of rotatable bonds is 6. The lowest BCUT2D eigenvalue weighted by atomic mass is 9.87. The fourth-order valence-corrected chi connectivity index (χ4v) is 4.21. The van der Waals surface area contributed by atoms with E-state index in [4.69, 9.17) is 5.11 Å². The maximum absolute atomic E-state index is 13.0.